The van der Waals surface area contributed by atoms with Gasteiger partial charge in [-0.15, -0.1) is 0 Å². The van der Waals surface area contributed by atoms with Crippen molar-refractivity contribution in [2.75, 3.05) is 0 Å². The highest BCUT2D eigenvalue weighted by Crippen LogP contribution is 2.37. The summed E-state index contributed by atoms with van der Waals surface area (Å²) in [5, 5.41) is 1.12. The van der Waals surface area contributed by atoms with Crippen LogP contribution in [-0.2, 0) is 0 Å². The normalized spacial score (nSPS) is 10.8. The van der Waals surface area contributed by atoms with Crippen LogP contribution in [0.25, 0.3) is 33.9 Å². The van der Waals surface area contributed by atoms with Gasteiger partial charge in [-0.2, -0.15) is 0 Å². The molecule has 0 saturated carbocycles. The van der Waals surface area contributed by atoms with E-state index in [0.29, 0.717) is 21.4 Å². The van der Waals surface area contributed by atoms with Crippen molar-refractivity contribution < 1.29 is 0 Å². The molecule has 0 radical (unpaired) electrons. The van der Waals surface area contributed by atoms with Gasteiger partial charge in [0.1, 0.15) is 5.82 Å². The van der Waals surface area contributed by atoms with Gasteiger partial charge in [-0.3, -0.25) is 4.98 Å². The number of imidazole rings is 1. The number of rotatable bonds is 3. The molecule has 5 heteroatoms. The summed E-state index contributed by atoms with van der Waals surface area (Å²) in [5.41, 5.74) is 4.46. The summed E-state index contributed by atoms with van der Waals surface area (Å²) in [4.78, 5) is 12.3. The highest BCUT2D eigenvalue weighted by Gasteiger charge is 2.18. The molecule has 122 valence electrons. The van der Waals surface area contributed by atoms with E-state index in [9.17, 15) is 0 Å². The van der Waals surface area contributed by atoms with E-state index < -0.39 is 0 Å². The van der Waals surface area contributed by atoms with Crippen LogP contribution >= 0.6 is 23.2 Å². The lowest BCUT2D eigenvalue weighted by Gasteiger charge is -2.03. The molecule has 0 fully saturated rings. The standard InChI is InChI=1S/C20H13Cl2N3/c21-15-7-4-8-16(22)17(15)20-24-18(13-5-2-1-3-6-13)19(25-20)14-9-11-23-12-10-14/h1-12H,(H,24,25). The van der Waals surface area contributed by atoms with Crippen LogP contribution in [0.15, 0.2) is 73.1 Å². The number of nitrogens with zero attached hydrogens (tertiary/aromatic N) is 2. The van der Waals surface area contributed by atoms with Crippen LogP contribution in [0.1, 0.15) is 0 Å². The number of aromatic nitrogens is 3. The van der Waals surface area contributed by atoms with Gasteiger partial charge in [0.2, 0.25) is 0 Å². The number of hydrogen-bond acceptors (Lipinski definition) is 2. The lowest BCUT2D eigenvalue weighted by molar-refractivity contribution is 1.30. The molecule has 2 aromatic carbocycles. The van der Waals surface area contributed by atoms with Crippen molar-refractivity contribution in [3.63, 3.8) is 0 Å². The maximum absolute atomic E-state index is 6.36. The molecule has 25 heavy (non-hydrogen) atoms. The predicted molar refractivity (Wildman–Crippen MR) is 103 cm³/mol. The number of hydrogen-bond donors (Lipinski definition) is 1. The monoisotopic (exact) mass is 365 g/mol. The maximum atomic E-state index is 6.36. The molecule has 1 N–H and O–H groups in total. The van der Waals surface area contributed by atoms with Gasteiger partial charge in [-0.1, -0.05) is 59.6 Å². The first-order valence-electron chi connectivity index (χ1n) is 7.74. The van der Waals surface area contributed by atoms with Crippen molar-refractivity contribution >= 4 is 23.2 Å². The van der Waals surface area contributed by atoms with E-state index in [4.69, 9.17) is 28.2 Å². The second-order valence-corrected chi connectivity index (χ2v) is 6.32. The van der Waals surface area contributed by atoms with E-state index in [1.807, 2.05) is 48.5 Å². The Morgan fingerprint density at radius 3 is 2.08 bits per heavy atom. The van der Waals surface area contributed by atoms with Gasteiger partial charge >= 0.3 is 0 Å². The number of nitrogens with one attached hydrogen (secondary N) is 1. The molecule has 0 aliphatic heterocycles. The van der Waals surface area contributed by atoms with Crippen LogP contribution in [0.4, 0.5) is 0 Å². The zero-order valence-electron chi connectivity index (χ0n) is 13.1. The van der Waals surface area contributed by atoms with Crippen molar-refractivity contribution in [1.29, 1.82) is 0 Å². The molecule has 3 nitrogen and oxygen atoms in total. The molecule has 0 unspecified atom stereocenters. The Hall–Kier alpha value is -2.62. The van der Waals surface area contributed by atoms with Gasteiger partial charge in [0.25, 0.3) is 0 Å². The number of halogens is 2. The number of pyridine rings is 1. The summed E-state index contributed by atoms with van der Waals surface area (Å²) in [6.07, 6.45) is 3.51. The highest BCUT2D eigenvalue weighted by molar-refractivity contribution is 6.39. The molecule has 0 saturated heterocycles. The van der Waals surface area contributed by atoms with E-state index in [1.165, 1.54) is 0 Å². The molecule has 0 aliphatic rings. The van der Waals surface area contributed by atoms with E-state index in [-0.39, 0.29) is 0 Å². The summed E-state index contributed by atoms with van der Waals surface area (Å²) < 4.78 is 0. The van der Waals surface area contributed by atoms with Gasteiger partial charge in [-0.25, -0.2) is 4.98 Å². The summed E-state index contributed by atoms with van der Waals surface area (Å²) in [6.45, 7) is 0. The summed E-state index contributed by atoms with van der Waals surface area (Å²) in [5.74, 6) is 0.640. The Morgan fingerprint density at radius 2 is 1.40 bits per heavy atom. The van der Waals surface area contributed by atoms with Gasteiger partial charge in [0.15, 0.2) is 0 Å². The fraction of sp³-hybridized carbons (Fsp3) is 0. The van der Waals surface area contributed by atoms with Crippen LogP contribution < -0.4 is 0 Å². The third-order valence-electron chi connectivity index (χ3n) is 3.92. The summed E-state index contributed by atoms with van der Waals surface area (Å²) in [6, 6.07) is 19.3. The molecular formula is C20H13Cl2N3. The molecule has 0 spiro atoms. The van der Waals surface area contributed by atoms with Gasteiger partial charge in [0.05, 0.1) is 27.0 Å². The Kier molecular flexibility index (Phi) is 4.26. The molecule has 0 aliphatic carbocycles. The van der Waals surface area contributed by atoms with Crippen LogP contribution in [0.5, 0.6) is 0 Å². The number of H-pyrrole nitrogens is 1. The second-order valence-electron chi connectivity index (χ2n) is 5.51. The van der Waals surface area contributed by atoms with Crippen LogP contribution in [0.3, 0.4) is 0 Å². The van der Waals surface area contributed by atoms with Gasteiger partial charge in [0, 0.05) is 23.5 Å². The minimum atomic E-state index is 0.558. The quantitative estimate of drug-likeness (QED) is 0.475. The van der Waals surface area contributed by atoms with Gasteiger partial charge < -0.3 is 4.98 Å². The molecule has 2 heterocycles. The molecule has 4 rings (SSSR count). The largest absolute Gasteiger partial charge is 0.337 e. The minimum Gasteiger partial charge on any atom is -0.337 e. The Bertz CT molecular complexity index is 935. The van der Waals surface area contributed by atoms with E-state index in [0.717, 1.165) is 22.5 Å². The Labute approximate surface area is 155 Å². The smallest absolute Gasteiger partial charge is 0.141 e. The first-order chi connectivity index (χ1) is 12.2. The fourth-order valence-electron chi connectivity index (χ4n) is 2.75. The van der Waals surface area contributed by atoms with Crippen molar-refractivity contribution in [2.24, 2.45) is 0 Å². The first-order valence-corrected chi connectivity index (χ1v) is 8.50. The van der Waals surface area contributed by atoms with Crippen molar-refractivity contribution in [3.8, 4) is 33.9 Å². The SMILES string of the molecule is Clc1cccc(Cl)c1-c1nc(-c2ccccc2)c(-c2ccncc2)[nH]1. The van der Waals surface area contributed by atoms with Crippen LogP contribution in [-0.4, -0.2) is 15.0 Å². The molecule has 4 aromatic rings. The van der Waals surface area contributed by atoms with Crippen molar-refractivity contribution in [3.05, 3.63) is 83.1 Å². The Morgan fingerprint density at radius 1 is 0.720 bits per heavy atom. The molecule has 0 amide bonds. The van der Waals surface area contributed by atoms with Gasteiger partial charge in [-0.05, 0) is 24.3 Å². The molecular weight excluding hydrogens is 353 g/mol. The third kappa shape index (κ3) is 3.04. The zero-order valence-corrected chi connectivity index (χ0v) is 14.6. The second kappa shape index (κ2) is 6.71. The maximum Gasteiger partial charge on any atom is 0.141 e. The van der Waals surface area contributed by atoms with E-state index >= 15 is 0 Å². The Balaban J connectivity index is 1.96. The lowest BCUT2D eigenvalue weighted by atomic mass is 10.1. The molecule has 0 bridgehead atoms. The minimum absolute atomic E-state index is 0.558. The third-order valence-corrected chi connectivity index (χ3v) is 4.55. The fourth-order valence-corrected chi connectivity index (χ4v) is 3.32. The van der Waals surface area contributed by atoms with E-state index in [2.05, 4.69) is 9.97 Å². The molecule has 2 aromatic heterocycles. The summed E-state index contributed by atoms with van der Waals surface area (Å²) >= 11 is 12.7. The molecule has 0 atom stereocenters. The summed E-state index contributed by atoms with van der Waals surface area (Å²) in [7, 11) is 0. The highest BCUT2D eigenvalue weighted by atomic mass is 35.5. The van der Waals surface area contributed by atoms with Crippen LogP contribution in [0.2, 0.25) is 10.0 Å². The average Bonchev–Trinajstić information content (AvgIpc) is 3.08. The van der Waals surface area contributed by atoms with Crippen molar-refractivity contribution in [2.45, 2.75) is 0 Å². The van der Waals surface area contributed by atoms with Crippen LogP contribution in [0, 0.1) is 0 Å². The van der Waals surface area contributed by atoms with Crippen molar-refractivity contribution in [1.82, 2.24) is 15.0 Å². The first kappa shape index (κ1) is 15.9. The van der Waals surface area contributed by atoms with E-state index in [1.54, 1.807) is 24.5 Å². The number of aromatic amines is 1. The topological polar surface area (TPSA) is 41.6 Å². The zero-order chi connectivity index (χ0) is 17.2. The lowest BCUT2D eigenvalue weighted by Crippen LogP contribution is -1.84. The predicted octanol–water partition coefficient (Wildman–Crippen LogP) is 6.11. The average molecular weight is 366 g/mol. The number of benzene rings is 2.